The van der Waals surface area contributed by atoms with Gasteiger partial charge in [-0.2, -0.15) is 5.26 Å². The molecule has 214 valence electrons. The molecule has 2 aliphatic carbocycles. The molecule has 3 aliphatic rings. The summed E-state index contributed by atoms with van der Waals surface area (Å²) >= 11 is 0. The van der Waals surface area contributed by atoms with Crippen LogP contribution in [0.15, 0.2) is 55.3 Å². The maximum absolute atomic E-state index is 12.5. The second-order valence-electron chi connectivity index (χ2n) is 11.4. The Hall–Kier alpha value is -4.09. The Kier molecular flexibility index (Phi) is 7.92. The van der Waals surface area contributed by atoms with E-state index in [0.717, 1.165) is 59.3 Å². The van der Waals surface area contributed by atoms with Crippen molar-refractivity contribution in [1.82, 2.24) is 26.2 Å². The van der Waals surface area contributed by atoms with Crippen molar-refractivity contribution >= 4 is 17.4 Å². The first-order valence-electron chi connectivity index (χ1n) is 14.5. The molecule has 2 aromatic carbocycles. The number of hydrogen-bond donors (Lipinski definition) is 5. The number of rotatable bonds is 10. The van der Waals surface area contributed by atoms with Crippen LogP contribution in [-0.4, -0.2) is 63.0 Å². The molecular formula is C33H41N7O. The van der Waals surface area contributed by atoms with Crippen LogP contribution in [0.4, 0.5) is 0 Å². The summed E-state index contributed by atoms with van der Waals surface area (Å²) in [5, 5.41) is 31.6. The fourth-order valence-corrected chi connectivity index (χ4v) is 6.97. The first-order chi connectivity index (χ1) is 19.8. The zero-order valence-electron chi connectivity index (χ0n) is 24.4. The number of hydrogen-bond acceptors (Lipinski definition) is 6. The van der Waals surface area contributed by atoms with Gasteiger partial charge in [0, 0.05) is 50.7 Å². The topological polar surface area (TPSA) is 116 Å². The molecule has 0 bridgehead atoms. The quantitative estimate of drug-likeness (QED) is 0.176. The lowest BCUT2D eigenvalue weighted by Crippen LogP contribution is -2.46. The predicted molar refractivity (Wildman–Crippen MR) is 164 cm³/mol. The van der Waals surface area contributed by atoms with Gasteiger partial charge in [0.05, 0.1) is 11.5 Å². The summed E-state index contributed by atoms with van der Waals surface area (Å²) in [5.41, 5.74) is 7.12. The Morgan fingerprint density at radius 1 is 1.02 bits per heavy atom. The Morgan fingerprint density at radius 3 is 2.29 bits per heavy atom. The number of amidine groups is 1. The maximum atomic E-state index is 12.5. The van der Waals surface area contributed by atoms with Crippen molar-refractivity contribution in [3.8, 4) is 6.07 Å². The summed E-state index contributed by atoms with van der Waals surface area (Å²) in [6.07, 6.45) is 4.29. The number of fused-ring (bicyclic) bond motifs is 3. The highest BCUT2D eigenvalue weighted by atomic mass is 16.1. The van der Waals surface area contributed by atoms with Crippen LogP contribution in [0.5, 0.6) is 0 Å². The standard InChI is InChI=1S/C33H41N7O/c1-20(40-27(18-34)16-26-17-30(26)40)19-39-13-12-33(32(35)38-5)28-10-8-22(21(2)36-3)14-23(28)6-7-24-15-25(31(41)37-4)9-11-29(24)33/h8-11,14-15,26-27,30,36,39H,1-2,6-7,12-13,16-17,19H2,3-5H3,(H2,35,38)(H,37,41)/t26-,27?,30+,33?/m1/s1. The van der Waals surface area contributed by atoms with Crippen LogP contribution in [0.25, 0.3) is 5.70 Å². The molecule has 1 saturated heterocycles. The predicted octanol–water partition coefficient (Wildman–Crippen LogP) is 3.30. The van der Waals surface area contributed by atoms with Crippen LogP contribution in [0, 0.1) is 22.7 Å². The van der Waals surface area contributed by atoms with Crippen molar-refractivity contribution < 1.29 is 4.79 Å². The highest BCUT2D eigenvalue weighted by Crippen LogP contribution is 2.49. The second-order valence-corrected chi connectivity index (χ2v) is 11.4. The number of benzene rings is 2. The third-order valence-corrected chi connectivity index (χ3v) is 9.23. The minimum atomic E-state index is -0.741. The van der Waals surface area contributed by atoms with E-state index in [0.29, 0.717) is 42.9 Å². The molecule has 0 radical (unpaired) electrons. The van der Waals surface area contributed by atoms with Gasteiger partial charge in [0.1, 0.15) is 11.9 Å². The fourth-order valence-electron chi connectivity index (χ4n) is 6.97. The molecule has 0 aromatic heterocycles. The van der Waals surface area contributed by atoms with Crippen molar-refractivity contribution in [1.29, 1.82) is 10.7 Å². The Bertz CT molecular complexity index is 1370. The number of nitrogens with one attached hydrogen (secondary N) is 5. The largest absolute Gasteiger partial charge is 0.388 e. The van der Waals surface area contributed by atoms with E-state index in [2.05, 4.69) is 63.6 Å². The third kappa shape index (κ3) is 5.00. The van der Waals surface area contributed by atoms with Crippen molar-refractivity contribution in [2.45, 2.75) is 49.6 Å². The van der Waals surface area contributed by atoms with Gasteiger partial charge in [-0.1, -0.05) is 31.4 Å². The summed E-state index contributed by atoms with van der Waals surface area (Å²) in [6, 6.07) is 15.2. The molecule has 41 heavy (non-hydrogen) atoms. The lowest BCUT2D eigenvalue weighted by molar-refractivity contribution is 0.0963. The van der Waals surface area contributed by atoms with Crippen LogP contribution in [0.3, 0.4) is 0 Å². The average Bonchev–Trinajstić information content (AvgIpc) is 3.70. The van der Waals surface area contributed by atoms with E-state index in [9.17, 15) is 15.5 Å². The Labute approximate surface area is 243 Å². The minimum Gasteiger partial charge on any atom is -0.388 e. The normalized spacial score (nSPS) is 23.7. The molecule has 5 N–H and O–H groups in total. The molecule has 1 amide bonds. The molecule has 5 rings (SSSR count). The van der Waals surface area contributed by atoms with Crippen LogP contribution in [-0.2, 0) is 18.3 Å². The molecule has 4 atom stereocenters. The van der Waals surface area contributed by atoms with Crippen molar-refractivity contribution in [3.05, 3.63) is 88.6 Å². The van der Waals surface area contributed by atoms with Crippen LogP contribution in [0.2, 0.25) is 0 Å². The number of carbonyl (C=O) groups excluding carboxylic acids is 1. The van der Waals surface area contributed by atoms with Gasteiger partial charge in [-0.05, 0) is 90.6 Å². The molecule has 8 nitrogen and oxygen atoms in total. The van der Waals surface area contributed by atoms with Crippen LogP contribution < -0.4 is 21.3 Å². The van der Waals surface area contributed by atoms with Gasteiger partial charge >= 0.3 is 0 Å². The van der Waals surface area contributed by atoms with Gasteiger partial charge in [0.25, 0.3) is 5.91 Å². The van der Waals surface area contributed by atoms with Gasteiger partial charge < -0.3 is 26.2 Å². The molecule has 8 heteroatoms. The van der Waals surface area contributed by atoms with E-state index in [1.165, 1.54) is 5.56 Å². The highest BCUT2D eigenvalue weighted by molar-refractivity contribution is 5.97. The lowest BCUT2D eigenvalue weighted by Gasteiger charge is -2.37. The zero-order chi connectivity index (χ0) is 29.3. The SMILES string of the molecule is C=C(NC)c1ccc2c(c1)CCc1cc(C(=O)NC)ccc1C2(CCNCC(=C)N1C(C#N)C[C@@H]2C[C@@H]21)C(=N)NC. The van der Waals surface area contributed by atoms with E-state index in [1.54, 1.807) is 14.1 Å². The molecule has 2 unspecified atom stereocenters. The average molecular weight is 552 g/mol. The van der Waals surface area contributed by atoms with Gasteiger partial charge in [0.2, 0.25) is 0 Å². The van der Waals surface area contributed by atoms with E-state index >= 15 is 0 Å². The fraction of sp³-hybridized carbons (Fsp3) is 0.424. The van der Waals surface area contributed by atoms with Gasteiger partial charge in [-0.3, -0.25) is 10.2 Å². The molecular weight excluding hydrogens is 510 g/mol. The van der Waals surface area contributed by atoms with Gasteiger partial charge in [-0.15, -0.1) is 0 Å². The molecule has 2 fully saturated rings. The van der Waals surface area contributed by atoms with Crippen molar-refractivity contribution in [2.75, 3.05) is 34.2 Å². The molecule has 1 saturated carbocycles. The summed E-state index contributed by atoms with van der Waals surface area (Å²) in [7, 11) is 5.32. The van der Waals surface area contributed by atoms with Gasteiger partial charge in [-0.25, -0.2) is 0 Å². The van der Waals surface area contributed by atoms with Crippen molar-refractivity contribution in [3.63, 3.8) is 0 Å². The Balaban J connectivity index is 1.50. The zero-order valence-corrected chi connectivity index (χ0v) is 24.4. The number of carbonyl (C=O) groups is 1. The number of likely N-dealkylation sites (N-methyl/N-ethyl adjacent to an activating group) is 1. The van der Waals surface area contributed by atoms with E-state index in [-0.39, 0.29) is 11.9 Å². The van der Waals surface area contributed by atoms with Crippen molar-refractivity contribution in [2.24, 2.45) is 5.92 Å². The summed E-state index contributed by atoms with van der Waals surface area (Å²) < 4.78 is 0. The van der Waals surface area contributed by atoms with E-state index < -0.39 is 5.41 Å². The molecule has 1 aliphatic heterocycles. The first-order valence-corrected chi connectivity index (χ1v) is 14.5. The summed E-state index contributed by atoms with van der Waals surface area (Å²) in [4.78, 5) is 14.8. The van der Waals surface area contributed by atoms with Gasteiger partial charge in [0.15, 0.2) is 0 Å². The molecule has 0 spiro atoms. The molecule has 2 aromatic rings. The van der Waals surface area contributed by atoms with Crippen LogP contribution in [0.1, 0.15) is 57.4 Å². The number of amides is 1. The second kappa shape index (κ2) is 11.4. The number of likely N-dealkylation sites (tertiary alicyclic amines) is 1. The maximum Gasteiger partial charge on any atom is 0.251 e. The number of nitrogens with zero attached hydrogens (tertiary/aromatic N) is 2. The molecule has 1 heterocycles. The first kappa shape index (κ1) is 28.4. The smallest absolute Gasteiger partial charge is 0.251 e. The van der Waals surface area contributed by atoms with Crippen LogP contribution >= 0.6 is 0 Å². The highest BCUT2D eigenvalue weighted by Gasteiger charge is 2.52. The Morgan fingerprint density at radius 2 is 1.68 bits per heavy atom. The van der Waals surface area contributed by atoms with E-state index in [1.807, 2.05) is 25.2 Å². The van der Waals surface area contributed by atoms with E-state index in [4.69, 9.17) is 0 Å². The number of piperidine rings is 1. The summed E-state index contributed by atoms with van der Waals surface area (Å²) in [6.45, 7) is 9.73. The monoisotopic (exact) mass is 551 g/mol. The number of nitriles is 1. The minimum absolute atomic E-state index is 0.0754. The lowest BCUT2D eigenvalue weighted by atomic mass is 9.68. The third-order valence-electron chi connectivity index (χ3n) is 9.23. The number of aryl methyl sites for hydroxylation is 2. The summed E-state index contributed by atoms with van der Waals surface area (Å²) in [5.74, 6) is 0.936.